The molecule has 2 aromatic rings. The van der Waals surface area contributed by atoms with E-state index in [1.54, 1.807) is 6.92 Å². The molecule has 8 heteroatoms. The summed E-state index contributed by atoms with van der Waals surface area (Å²) in [5.41, 5.74) is 4.47. The lowest BCUT2D eigenvalue weighted by atomic mass is 9.98. The summed E-state index contributed by atoms with van der Waals surface area (Å²) in [5.74, 6) is -1.08. The van der Waals surface area contributed by atoms with Crippen molar-refractivity contribution in [3.8, 4) is 11.1 Å². The second-order valence-corrected chi connectivity index (χ2v) is 8.60. The largest absolute Gasteiger partial charge is 0.480 e. The van der Waals surface area contributed by atoms with Crippen LogP contribution < -0.4 is 10.6 Å². The summed E-state index contributed by atoms with van der Waals surface area (Å²) in [7, 11) is 0. The van der Waals surface area contributed by atoms with Gasteiger partial charge in [0.15, 0.2) is 0 Å². The first kappa shape index (κ1) is 23.7. The van der Waals surface area contributed by atoms with Crippen molar-refractivity contribution in [1.29, 1.82) is 0 Å². The minimum atomic E-state index is -1.11. The number of carbonyl (C=O) groups excluding carboxylic acids is 2. The van der Waals surface area contributed by atoms with Crippen molar-refractivity contribution in [2.45, 2.75) is 37.8 Å². The highest BCUT2D eigenvalue weighted by molar-refractivity contribution is 7.98. The van der Waals surface area contributed by atoms with Crippen molar-refractivity contribution in [2.24, 2.45) is 0 Å². The van der Waals surface area contributed by atoms with Gasteiger partial charge in [0.1, 0.15) is 18.7 Å². The third kappa shape index (κ3) is 5.43. The van der Waals surface area contributed by atoms with Crippen molar-refractivity contribution in [3.05, 3.63) is 59.7 Å². The van der Waals surface area contributed by atoms with Gasteiger partial charge >= 0.3 is 12.1 Å². The maximum absolute atomic E-state index is 12.6. The van der Waals surface area contributed by atoms with E-state index in [0.29, 0.717) is 12.2 Å². The number of aliphatic carboxylic acids is 1. The molecule has 0 fully saturated rings. The number of amides is 2. The van der Waals surface area contributed by atoms with Crippen molar-refractivity contribution >= 4 is 29.7 Å². The molecule has 170 valence electrons. The van der Waals surface area contributed by atoms with E-state index in [0.717, 1.165) is 22.3 Å². The van der Waals surface area contributed by atoms with Crippen LogP contribution in [0.2, 0.25) is 0 Å². The van der Waals surface area contributed by atoms with E-state index >= 15 is 0 Å². The zero-order valence-electron chi connectivity index (χ0n) is 18.2. The summed E-state index contributed by atoms with van der Waals surface area (Å²) < 4.78 is 5.53. The zero-order valence-corrected chi connectivity index (χ0v) is 19.0. The first-order chi connectivity index (χ1) is 15.5. The van der Waals surface area contributed by atoms with Gasteiger partial charge in [-0.25, -0.2) is 9.59 Å². The molecule has 0 aliphatic heterocycles. The van der Waals surface area contributed by atoms with Crippen LogP contribution in [0.15, 0.2) is 48.5 Å². The molecule has 0 radical (unpaired) electrons. The maximum atomic E-state index is 12.6. The van der Waals surface area contributed by atoms with Gasteiger partial charge in [-0.3, -0.25) is 4.79 Å². The van der Waals surface area contributed by atoms with Crippen LogP contribution in [0.5, 0.6) is 0 Å². The highest BCUT2D eigenvalue weighted by atomic mass is 32.2. The van der Waals surface area contributed by atoms with Gasteiger partial charge in [-0.05, 0) is 47.1 Å². The standard InChI is InChI=1S/C24H28N2O5S/c1-3-20(23(28)29)25-22(27)21(12-13-32-2)26-24(30)31-14-19-17-10-6-4-8-15(17)16-9-5-7-11-18(16)19/h4-11,19-21H,3,12-14H2,1-2H3,(H,25,27)(H,26,30)(H,28,29). The average Bonchev–Trinajstić information content (AvgIpc) is 3.12. The first-order valence-electron chi connectivity index (χ1n) is 10.6. The Morgan fingerprint density at radius 1 is 1.00 bits per heavy atom. The van der Waals surface area contributed by atoms with Crippen molar-refractivity contribution in [1.82, 2.24) is 10.6 Å². The van der Waals surface area contributed by atoms with E-state index in [-0.39, 0.29) is 18.9 Å². The van der Waals surface area contributed by atoms with Gasteiger partial charge in [0.2, 0.25) is 5.91 Å². The number of alkyl carbamates (subject to hydrolysis) is 1. The average molecular weight is 457 g/mol. The van der Waals surface area contributed by atoms with Crippen molar-refractivity contribution < 1.29 is 24.2 Å². The number of carboxylic acids is 1. The molecule has 3 rings (SSSR count). The molecule has 1 aliphatic carbocycles. The number of fused-ring (bicyclic) bond motifs is 3. The molecule has 2 unspecified atom stereocenters. The fourth-order valence-corrected chi connectivity index (χ4v) is 4.37. The smallest absolute Gasteiger partial charge is 0.407 e. The van der Waals surface area contributed by atoms with Gasteiger partial charge in [-0.15, -0.1) is 0 Å². The number of carbonyl (C=O) groups is 3. The molecule has 2 aromatic carbocycles. The molecule has 0 aromatic heterocycles. The number of hydrogen-bond acceptors (Lipinski definition) is 5. The van der Waals surface area contributed by atoms with Gasteiger partial charge in [0.05, 0.1) is 0 Å². The number of hydrogen-bond donors (Lipinski definition) is 3. The zero-order chi connectivity index (χ0) is 23.1. The summed E-state index contributed by atoms with van der Waals surface area (Å²) in [6, 6.07) is 14.2. The topological polar surface area (TPSA) is 105 Å². The molecule has 0 saturated heterocycles. The maximum Gasteiger partial charge on any atom is 0.407 e. The van der Waals surface area contributed by atoms with E-state index in [1.165, 1.54) is 11.8 Å². The SMILES string of the molecule is CCC(NC(=O)C(CCSC)NC(=O)OCC1c2ccccc2-c2ccccc21)C(=O)O. The number of carboxylic acid groups (broad SMARTS) is 1. The molecule has 7 nitrogen and oxygen atoms in total. The molecule has 0 bridgehead atoms. The van der Waals surface area contributed by atoms with Crippen molar-refractivity contribution in [2.75, 3.05) is 18.6 Å². The van der Waals surface area contributed by atoms with Crippen LogP contribution in [-0.2, 0) is 14.3 Å². The number of ether oxygens (including phenoxy) is 1. The summed E-state index contributed by atoms with van der Waals surface area (Å²) in [6.45, 7) is 1.82. The third-order valence-corrected chi connectivity index (χ3v) is 6.23. The molecule has 1 aliphatic rings. The lowest BCUT2D eigenvalue weighted by Crippen LogP contribution is -2.51. The van der Waals surface area contributed by atoms with Gasteiger partial charge in [-0.2, -0.15) is 11.8 Å². The Bertz CT molecular complexity index is 935. The summed E-state index contributed by atoms with van der Waals surface area (Å²) in [5, 5.41) is 14.3. The lowest BCUT2D eigenvalue weighted by Gasteiger charge is -2.21. The molecular formula is C24H28N2O5S. The Labute approximate surface area is 191 Å². The van der Waals surface area contributed by atoms with Crippen LogP contribution in [0.4, 0.5) is 4.79 Å². The van der Waals surface area contributed by atoms with E-state index < -0.39 is 30.1 Å². The molecule has 32 heavy (non-hydrogen) atoms. The number of thioether (sulfide) groups is 1. The van der Waals surface area contributed by atoms with E-state index in [4.69, 9.17) is 4.74 Å². The first-order valence-corrected chi connectivity index (χ1v) is 12.0. The van der Waals surface area contributed by atoms with E-state index in [1.807, 2.05) is 42.7 Å². The molecule has 0 heterocycles. The number of rotatable bonds is 10. The normalized spacial score (nSPS) is 14.1. The minimum absolute atomic E-state index is 0.0805. The predicted octanol–water partition coefficient (Wildman–Crippen LogP) is 3.63. The van der Waals surface area contributed by atoms with Crippen LogP contribution in [0.25, 0.3) is 11.1 Å². The predicted molar refractivity (Wildman–Crippen MR) is 125 cm³/mol. The Morgan fingerprint density at radius 3 is 2.12 bits per heavy atom. The third-order valence-electron chi connectivity index (χ3n) is 5.59. The molecular weight excluding hydrogens is 428 g/mol. The van der Waals surface area contributed by atoms with Crippen LogP contribution in [0.3, 0.4) is 0 Å². The lowest BCUT2D eigenvalue weighted by molar-refractivity contribution is -0.142. The fourth-order valence-electron chi connectivity index (χ4n) is 3.90. The number of nitrogens with one attached hydrogen (secondary N) is 2. The fraction of sp³-hybridized carbons (Fsp3) is 0.375. The molecule has 2 amide bonds. The van der Waals surface area contributed by atoms with Crippen LogP contribution in [-0.4, -0.2) is 53.8 Å². The molecule has 0 saturated carbocycles. The van der Waals surface area contributed by atoms with Gasteiger partial charge < -0.3 is 20.5 Å². The summed E-state index contributed by atoms with van der Waals surface area (Å²) in [4.78, 5) is 36.4. The summed E-state index contributed by atoms with van der Waals surface area (Å²) in [6.07, 6.45) is 1.82. The van der Waals surface area contributed by atoms with Crippen LogP contribution >= 0.6 is 11.8 Å². The molecule has 3 N–H and O–H groups in total. The van der Waals surface area contributed by atoms with Crippen LogP contribution in [0, 0.1) is 0 Å². The van der Waals surface area contributed by atoms with Crippen molar-refractivity contribution in [3.63, 3.8) is 0 Å². The highest BCUT2D eigenvalue weighted by Gasteiger charge is 2.30. The van der Waals surface area contributed by atoms with Gasteiger partial charge in [0.25, 0.3) is 0 Å². The quantitative estimate of drug-likeness (QED) is 0.504. The Morgan fingerprint density at radius 2 is 1.59 bits per heavy atom. The second-order valence-electron chi connectivity index (χ2n) is 7.61. The Kier molecular flexibility index (Phi) is 8.16. The second kappa shape index (κ2) is 11.0. The highest BCUT2D eigenvalue weighted by Crippen LogP contribution is 2.44. The van der Waals surface area contributed by atoms with Gasteiger partial charge in [-0.1, -0.05) is 55.5 Å². The number of benzene rings is 2. The van der Waals surface area contributed by atoms with E-state index in [2.05, 4.69) is 22.8 Å². The summed E-state index contributed by atoms with van der Waals surface area (Å²) >= 11 is 1.54. The van der Waals surface area contributed by atoms with Crippen LogP contribution in [0.1, 0.15) is 36.8 Å². The van der Waals surface area contributed by atoms with E-state index in [9.17, 15) is 19.5 Å². The Balaban J connectivity index is 1.65. The van der Waals surface area contributed by atoms with Gasteiger partial charge in [0, 0.05) is 5.92 Å². The minimum Gasteiger partial charge on any atom is -0.480 e. The molecule has 2 atom stereocenters. The monoisotopic (exact) mass is 456 g/mol. The Hall–Kier alpha value is -3.00. The molecule has 0 spiro atoms.